The number of rotatable bonds is 5. The molecule has 6 heteroatoms. The standard InChI is InChI=1S/C19H28N4O2/c1-14(2)23(13-15(3)24)19(25)21-17-8-10-22(11-9-17)18-6-4-16(12-20)5-7-18/h4-7,14-15,17,24H,8-11,13H2,1-3H3,(H,21,25). The van der Waals surface area contributed by atoms with Gasteiger partial charge in [-0.25, -0.2) is 4.79 Å². The monoisotopic (exact) mass is 344 g/mol. The second-order valence-electron chi connectivity index (χ2n) is 6.96. The number of carbonyl (C=O) groups excluding carboxylic acids is 1. The highest BCUT2D eigenvalue weighted by Gasteiger charge is 2.25. The molecule has 1 unspecified atom stereocenters. The second kappa shape index (κ2) is 8.72. The zero-order chi connectivity index (χ0) is 18.4. The highest BCUT2D eigenvalue weighted by atomic mass is 16.3. The molecule has 1 aromatic carbocycles. The molecular formula is C19H28N4O2. The number of aliphatic hydroxyl groups excluding tert-OH is 1. The molecule has 2 amide bonds. The number of piperidine rings is 1. The minimum atomic E-state index is -0.536. The van der Waals surface area contributed by atoms with Gasteiger partial charge in [0.05, 0.1) is 17.7 Å². The van der Waals surface area contributed by atoms with Crippen molar-refractivity contribution in [3.63, 3.8) is 0 Å². The van der Waals surface area contributed by atoms with Crippen molar-refractivity contribution in [2.45, 2.75) is 51.8 Å². The number of hydrogen-bond acceptors (Lipinski definition) is 4. The van der Waals surface area contributed by atoms with Crippen molar-refractivity contribution in [3.05, 3.63) is 29.8 Å². The molecule has 2 rings (SSSR count). The van der Waals surface area contributed by atoms with E-state index in [9.17, 15) is 9.90 Å². The molecule has 1 aliphatic rings. The number of nitrogens with zero attached hydrogens (tertiary/aromatic N) is 3. The van der Waals surface area contributed by atoms with Crippen molar-refractivity contribution >= 4 is 11.7 Å². The summed E-state index contributed by atoms with van der Waals surface area (Å²) in [5.41, 5.74) is 1.78. The molecule has 0 saturated carbocycles. The van der Waals surface area contributed by atoms with Crippen molar-refractivity contribution in [1.82, 2.24) is 10.2 Å². The third-order valence-electron chi connectivity index (χ3n) is 4.53. The van der Waals surface area contributed by atoms with Gasteiger partial charge in [0.25, 0.3) is 0 Å². The maximum absolute atomic E-state index is 12.5. The first-order chi connectivity index (χ1) is 11.9. The van der Waals surface area contributed by atoms with Crippen LogP contribution in [0.5, 0.6) is 0 Å². The minimum Gasteiger partial charge on any atom is -0.392 e. The predicted molar refractivity (Wildman–Crippen MR) is 98.4 cm³/mol. The lowest BCUT2D eigenvalue weighted by atomic mass is 10.0. The van der Waals surface area contributed by atoms with E-state index in [0.717, 1.165) is 31.6 Å². The molecule has 1 saturated heterocycles. The largest absolute Gasteiger partial charge is 0.392 e. The molecule has 0 radical (unpaired) electrons. The molecule has 2 N–H and O–H groups in total. The lowest BCUT2D eigenvalue weighted by molar-refractivity contribution is 0.116. The van der Waals surface area contributed by atoms with E-state index in [-0.39, 0.29) is 18.1 Å². The first kappa shape index (κ1) is 19.1. The number of hydrogen-bond donors (Lipinski definition) is 2. The molecule has 0 bridgehead atoms. The summed E-state index contributed by atoms with van der Waals surface area (Å²) >= 11 is 0. The lowest BCUT2D eigenvalue weighted by Crippen LogP contribution is -2.52. The molecular weight excluding hydrogens is 316 g/mol. The van der Waals surface area contributed by atoms with Crippen LogP contribution in [0.3, 0.4) is 0 Å². The van der Waals surface area contributed by atoms with Crippen molar-refractivity contribution < 1.29 is 9.90 Å². The number of aliphatic hydroxyl groups is 1. The number of anilines is 1. The van der Waals surface area contributed by atoms with Crippen LogP contribution in [0.1, 0.15) is 39.2 Å². The zero-order valence-electron chi connectivity index (χ0n) is 15.3. The molecule has 0 spiro atoms. The highest BCUT2D eigenvalue weighted by molar-refractivity contribution is 5.75. The summed E-state index contributed by atoms with van der Waals surface area (Å²) in [6, 6.07) is 9.84. The average Bonchev–Trinajstić information content (AvgIpc) is 2.60. The van der Waals surface area contributed by atoms with E-state index >= 15 is 0 Å². The van der Waals surface area contributed by atoms with E-state index in [1.165, 1.54) is 0 Å². The lowest BCUT2D eigenvalue weighted by Gasteiger charge is -2.36. The molecule has 0 aliphatic carbocycles. The molecule has 1 aromatic rings. The Bertz CT molecular complexity index is 599. The normalized spacial score (nSPS) is 16.4. The Hall–Kier alpha value is -2.26. The topological polar surface area (TPSA) is 79.6 Å². The van der Waals surface area contributed by atoms with E-state index in [1.54, 1.807) is 11.8 Å². The average molecular weight is 344 g/mol. The third-order valence-corrected chi connectivity index (χ3v) is 4.53. The van der Waals surface area contributed by atoms with E-state index in [4.69, 9.17) is 5.26 Å². The van der Waals surface area contributed by atoms with Gasteiger partial charge in [0.1, 0.15) is 0 Å². The summed E-state index contributed by atoms with van der Waals surface area (Å²) in [6.07, 6.45) is 1.23. The summed E-state index contributed by atoms with van der Waals surface area (Å²) in [5, 5.41) is 21.6. The summed E-state index contributed by atoms with van der Waals surface area (Å²) in [6.45, 7) is 7.68. The van der Waals surface area contributed by atoms with Gasteiger partial charge in [-0.15, -0.1) is 0 Å². The second-order valence-corrected chi connectivity index (χ2v) is 6.96. The Kier molecular flexibility index (Phi) is 6.65. The van der Waals surface area contributed by atoms with E-state index in [0.29, 0.717) is 12.1 Å². The Labute approximate surface area is 150 Å². The van der Waals surface area contributed by atoms with Crippen LogP contribution in [0.4, 0.5) is 10.5 Å². The first-order valence-electron chi connectivity index (χ1n) is 8.91. The van der Waals surface area contributed by atoms with Gasteiger partial charge in [-0.05, 0) is 57.9 Å². The van der Waals surface area contributed by atoms with Crippen molar-refractivity contribution in [3.8, 4) is 6.07 Å². The van der Waals surface area contributed by atoms with Crippen LogP contribution in [-0.4, -0.2) is 53.9 Å². The Morgan fingerprint density at radius 3 is 2.40 bits per heavy atom. The fraction of sp³-hybridized carbons (Fsp3) is 0.579. The molecule has 1 heterocycles. The van der Waals surface area contributed by atoms with Crippen LogP contribution in [0, 0.1) is 11.3 Å². The molecule has 0 aromatic heterocycles. The highest BCUT2D eigenvalue weighted by Crippen LogP contribution is 2.20. The van der Waals surface area contributed by atoms with E-state index < -0.39 is 6.10 Å². The maximum Gasteiger partial charge on any atom is 0.317 e. The van der Waals surface area contributed by atoms with Crippen LogP contribution in [0.2, 0.25) is 0 Å². The van der Waals surface area contributed by atoms with E-state index in [2.05, 4.69) is 16.3 Å². The van der Waals surface area contributed by atoms with Crippen molar-refractivity contribution in [2.75, 3.05) is 24.5 Å². The van der Waals surface area contributed by atoms with Crippen LogP contribution < -0.4 is 10.2 Å². The third kappa shape index (κ3) is 5.36. The number of carbonyl (C=O) groups is 1. The number of benzene rings is 1. The van der Waals surface area contributed by atoms with Gasteiger partial charge >= 0.3 is 6.03 Å². The number of urea groups is 1. The number of amides is 2. The van der Waals surface area contributed by atoms with Crippen LogP contribution >= 0.6 is 0 Å². The molecule has 1 aliphatic heterocycles. The summed E-state index contributed by atoms with van der Waals surface area (Å²) < 4.78 is 0. The zero-order valence-corrected chi connectivity index (χ0v) is 15.3. The maximum atomic E-state index is 12.5. The Balaban J connectivity index is 1.86. The molecule has 1 atom stereocenters. The van der Waals surface area contributed by atoms with Crippen molar-refractivity contribution in [2.24, 2.45) is 0 Å². The molecule has 1 fully saturated rings. The van der Waals surface area contributed by atoms with Gasteiger partial charge < -0.3 is 20.2 Å². The molecule has 6 nitrogen and oxygen atoms in total. The van der Waals surface area contributed by atoms with Gasteiger partial charge in [0, 0.05) is 37.4 Å². The van der Waals surface area contributed by atoms with Gasteiger partial charge in [-0.2, -0.15) is 5.26 Å². The van der Waals surface area contributed by atoms with Gasteiger partial charge in [0.15, 0.2) is 0 Å². The van der Waals surface area contributed by atoms with Crippen LogP contribution in [-0.2, 0) is 0 Å². The molecule has 25 heavy (non-hydrogen) atoms. The number of nitrogens with one attached hydrogen (secondary N) is 1. The summed E-state index contributed by atoms with van der Waals surface area (Å²) in [7, 11) is 0. The van der Waals surface area contributed by atoms with Gasteiger partial charge in [-0.1, -0.05) is 0 Å². The molecule has 136 valence electrons. The van der Waals surface area contributed by atoms with Gasteiger partial charge in [0.2, 0.25) is 0 Å². The van der Waals surface area contributed by atoms with Crippen LogP contribution in [0.15, 0.2) is 24.3 Å². The van der Waals surface area contributed by atoms with Crippen molar-refractivity contribution in [1.29, 1.82) is 5.26 Å². The number of nitriles is 1. The Morgan fingerprint density at radius 1 is 1.32 bits per heavy atom. The smallest absolute Gasteiger partial charge is 0.317 e. The Morgan fingerprint density at radius 2 is 1.92 bits per heavy atom. The fourth-order valence-electron chi connectivity index (χ4n) is 3.10. The fourth-order valence-corrected chi connectivity index (χ4v) is 3.10. The van der Waals surface area contributed by atoms with Gasteiger partial charge in [-0.3, -0.25) is 0 Å². The van der Waals surface area contributed by atoms with E-state index in [1.807, 2.05) is 38.1 Å². The summed E-state index contributed by atoms with van der Waals surface area (Å²) in [5.74, 6) is 0. The summed E-state index contributed by atoms with van der Waals surface area (Å²) in [4.78, 5) is 16.4. The van der Waals surface area contributed by atoms with Crippen LogP contribution in [0.25, 0.3) is 0 Å². The quantitative estimate of drug-likeness (QED) is 0.859. The minimum absolute atomic E-state index is 0.0494. The SMILES string of the molecule is CC(O)CN(C(=O)NC1CCN(c2ccc(C#N)cc2)CC1)C(C)C. The predicted octanol–water partition coefficient (Wildman–Crippen LogP) is 2.33. The first-order valence-corrected chi connectivity index (χ1v) is 8.91.